The Kier molecular flexibility index (Phi) is 10.6. The van der Waals surface area contributed by atoms with Gasteiger partial charge in [0, 0.05) is 75.2 Å². The molecule has 0 N–H and O–H groups in total. The third-order valence-electron chi connectivity index (χ3n) is 16.7. The predicted molar refractivity (Wildman–Crippen MR) is 349 cm³/mol. The van der Waals surface area contributed by atoms with Crippen molar-refractivity contribution in [3.8, 4) is 72.4 Å². The van der Waals surface area contributed by atoms with E-state index in [0.717, 1.165) is 117 Å². The van der Waals surface area contributed by atoms with E-state index in [1.165, 1.54) is 0 Å². The fourth-order valence-corrected chi connectivity index (χ4v) is 13.1. The molecule has 390 valence electrons. The van der Waals surface area contributed by atoms with Gasteiger partial charge in [0.15, 0.2) is 5.69 Å². The van der Waals surface area contributed by atoms with Crippen molar-refractivity contribution in [2.24, 2.45) is 0 Å². The first kappa shape index (κ1) is 44.4. The molecule has 0 saturated heterocycles. The molecule has 5 heterocycles. The summed E-state index contributed by atoms with van der Waals surface area (Å²) in [7, 11) is 0. The smallest absolute Gasteiger partial charge is 0.252 e. The Morgan fingerprint density at radius 3 is 1.25 bits per heavy atom. The highest BCUT2D eigenvalue weighted by Gasteiger charge is 2.46. The molecule has 0 fully saturated rings. The number of pyridine rings is 2. The minimum Gasteiger partial charge on any atom is -0.310 e. The monoisotopic (exact) mass is 1070 g/mol. The fraction of sp³-hybridized carbons (Fsp3) is 0. The molecule has 0 saturated carbocycles. The van der Waals surface area contributed by atoms with Gasteiger partial charge >= 0.3 is 0 Å². The SMILES string of the molecule is [2H]c1c([2H])c([2H])c2c(c1[2H])c1cc([N+]#[C-])ccc1n2-c1cc2c3c(c1)N(c1c(-c4ccccc4)cccc1-c1ccccc1)c1cc(-c4ccncc4)ccc1B3c1ccc(-c3ccncc3)cc1N2c1c(-c2ccccc2)cccc1-c1ccccc1. The minimum atomic E-state index is -0.362. The van der Waals surface area contributed by atoms with Gasteiger partial charge in [-0.3, -0.25) is 9.97 Å². The molecular formula is C77H49BN6. The molecule has 7 heteroatoms. The zero-order valence-electron chi connectivity index (χ0n) is 49.2. The second kappa shape index (κ2) is 20.0. The highest BCUT2D eigenvalue weighted by Crippen LogP contribution is 2.54. The van der Waals surface area contributed by atoms with Crippen LogP contribution in [0.5, 0.6) is 0 Å². The van der Waals surface area contributed by atoms with E-state index in [1.54, 1.807) is 12.1 Å². The molecule has 84 heavy (non-hydrogen) atoms. The van der Waals surface area contributed by atoms with Crippen LogP contribution in [0, 0.1) is 6.57 Å². The lowest BCUT2D eigenvalue weighted by Crippen LogP contribution is -2.61. The first-order valence-corrected chi connectivity index (χ1v) is 28.1. The van der Waals surface area contributed by atoms with Gasteiger partial charge in [0.05, 0.1) is 40.2 Å². The van der Waals surface area contributed by atoms with Gasteiger partial charge in [0.2, 0.25) is 0 Å². The number of hydrogen-bond donors (Lipinski definition) is 0. The third kappa shape index (κ3) is 7.88. The van der Waals surface area contributed by atoms with Crippen molar-refractivity contribution in [2.45, 2.75) is 0 Å². The van der Waals surface area contributed by atoms with Gasteiger partial charge < -0.3 is 14.4 Å². The van der Waals surface area contributed by atoms with Crippen molar-refractivity contribution in [1.82, 2.24) is 14.5 Å². The van der Waals surface area contributed by atoms with Gasteiger partial charge in [-0.05, 0) is 133 Å². The van der Waals surface area contributed by atoms with Crippen molar-refractivity contribution >= 4 is 84.7 Å². The zero-order chi connectivity index (χ0) is 59.1. The van der Waals surface area contributed by atoms with Crippen molar-refractivity contribution in [3.63, 3.8) is 0 Å². The summed E-state index contributed by atoms with van der Waals surface area (Å²) in [6.45, 7) is 7.83. The van der Waals surface area contributed by atoms with Crippen LogP contribution in [0.3, 0.4) is 0 Å². The summed E-state index contributed by atoms with van der Waals surface area (Å²) in [6.07, 6.45) is 7.35. The number of anilines is 6. The molecule has 0 spiro atoms. The van der Waals surface area contributed by atoms with E-state index in [0.29, 0.717) is 33.2 Å². The van der Waals surface area contributed by atoms with E-state index in [1.807, 2.05) is 35.4 Å². The molecule has 0 bridgehead atoms. The lowest BCUT2D eigenvalue weighted by atomic mass is 9.33. The molecular weight excluding hydrogens is 1020 g/mol. The van der Waals surface area contributed by atoms with Crippen molar-refractivity contribution < 1.29 is 5.48 Å². The van der Waals surface area contributed by atoms with Gasteiger partial charge in [-0.15, -0.1) is 0 Å². The van der Waals surface area contributed by atoms with Crippen LogP contribution in [0.2, 0.25) is 0 Å². The molecule has 2 aliphatic heterocycles. The van der Waals surface area contributed by atoms with Crippen LogP contribution in [0.15, 0.2) is 298 Å². The van der Waals surface area contributed by atoms with Gasteiger partial charge in [0.25, 0.3) is 6.71 Å². The van der Waals surface area contributed by atoms with Gasteiger partial charge in [0.1, 0.15) is 0 Å². The van der Waals surface area contributed by atoms with Crippen LogP contribution in [0.4, 0.5) is 39.8 Å². The van der Waals surface area contributed by atoms with Crippen LogP contribution in [0.1, 0.15) is 5.48 Å². The largest absolute Gasteiger partial charge is 0.310 e. The first-order chi connectivity index (χ1) is 43.3. The fourth-order valence-electron chi connectivity index (χ4n) is 13.1. The summed E-state index contributed by atoms with van der Waals surface area (Å²) < 4.78 is 40.0. The van der Waals surface area contributed by atoms with Gasteiger partial charge in [-0.25, -0.2) is 4.85 Å². The number of fused-ring (bicyclic) bond motifs is 7. The van der Waals surface area contributed by atoms with E-state index in [-0.39, 0.29) is 30.9 Å². The van der Waals surface area contributed by atoms with Crippen LogP contribution < -0.4 is 26.2 Å². The molecule has 3 aromatic heterocycles. The molecule has 11 aromatic carbocycles. The summed E-state index contributed by atoms with van der Waals surface area (Å²) in [5, 5.41) is 0.889. The molecule has 6 nitrogen and oxygen atoms in total. The maximum Gasteiger partial charge on any atom is 0.252 e. The maximum atomic E-state index is 9.92. The molecule has 16 rings (SSSR count). The average Bonchev–Trinajstić information content (AvgIpc) is 0.897. The molecule has 0 amide bonds. The van der Waals surface area contributed by atoms with Gasteiger partial charge in [-0.1, -0.05) is 206 Å². The van der Waals surface area contributed by atoms with E-state index >= 15 is 0 Å². The number of rotatable bonds is 9. The first-order valence-electron chi connectivity index (χ1n) is 30.1. The van der Waals surface area contributed by atoms with Gasteiger partial charge in [-0.2, -0.15) is 0 Å². The Morgan fingerprint density at radius 2 is 0.810 bits per heavy atom. The van der Waals surface area contributed by atoms with E-state index in [9.17, 15) is 4.11 Å². The Morgan fingerprint density at radius 1 is 0.369 bits per heavy atom. The summed E-state index contributed by atoms with van der Waals surface area (Å²) in [5.74, 6) is 0. The van der Waals surface area contributed by atoms with E-state index in [2.05, 4.69) is 255 Å². The quantitative estimate of drug-likeness (QED) is 0.107. The highest BCUT2D eigenvalue weighted by molar-refractivity contribution is 7.00. The highest BCUT2D eigenvalue weighted by atomic mass is 15.2. The maximum absolute atomic E-state index is 9.92. The van der Waals surface area contributed by atoms with Crippen molar-refractivity contribution in [1.29, 1.82) is 0 Å². The Labute approximate surface area is 493 Å². The van der Waals surface area contributed by atoms with Crippen molar-refractivity contribution in [2.75, 3.05) is 9.80 Å². The van der Waals surface area contributed by atoms with Crippen LogP contribution in [0.25, 0.3) is 99.1 Å². The second-order valence-electron chi connectivity index (χ2n) is 21.3. The lowest BCUT2D eigenvalue weighted by molar-refractivity contribution is 1.16. The van der Waals surface area contributed by atoms with Crippen molar-refractivity contribution in [3.05, 3.63) is 309 Å². The van der Waals surface area contributed by atoms with E-state index in [4.69, 9.17) is 7.94 Å². The van der Waals surface area contributed by atoms with Crippen LogP contribution in [-0.2, 0) is 0 Å². The summed E-state index contributed by atoms with van der Waals surface area (Å²) >= 11 is 0. The summed E-state index contributed by atoms with van der Waals surface area (Å²) in [4.78, 5) is 17.7. The number of aromatic nitrogens is 3. The number of hydrogen-bond acceptors (Lipinski definition) is 4. The van der Waals surface area contributed by atoms with Crippen LogP contribution >= 0.6 is 0 Å². The predicted octanol–water partition coefficient (Wildman–Crippen LogP) is 18.2. The molecule has 0 aliphatic carbocycles. The number of benzene rings is 11. The molecule has 14 aromatic rings. The lowest BCUT2D eigenvalue weighted by Gasteiger charge is -2.46. The van der Waals surface area contributed by atoms with Crippen LogP contribution in [-0.4, -0.2) is 21.2 Å². The molecule has 0 radical (unpaired) electrons. The summed E-state index contributed by atoms with van der Waals surface area (Å²) in [6, 6.07) is 86.3. The second-order valence-corrected chi connectivity index (χ2v) is 21.3. The number of nitrogens with zero attached hydrogens (tertiary/aromatic N) is 6. The zero-order valence-corrected chi connectivity index (χ0v) is 45.2. The Hall–Kier alpha value is -11.3. The minimum absolute atomic E-state index is 0.173. The molecule has 2 aliphatic rings. The normalized spacial score (nSPS) is 12.9. The average molecular weight is 1070 g/mol. The Bertz CT molecular complexity index is 4800. The molecule has 0 unspecified atom stereocenters. The number of para-hydroxylation sites is 3. The standard InChI is InChI=1S/C77H49BN6/c1-79-59-34-37-70-66(48-59)65-26-14-15-31-69(65)82(70)60-49-73-75-74(50-60)84(77-63(55-22-10-4-11-23-55)29-17-30-64(77)56-24-12-5-13-25-56)72-47-58(52-40-44-81-45-41-52)33-36-68(72)78(75)67-35-32-57(51-38-42-80-43-39-51)46-71(67)83(73)76-61(53-18-6-2-7-19-53)27-16-28-62(76)54-20-8-3-9-21-54/h2-50H/i14D,15D,26D,31D. The molecule has 0 atom stereocenters. The van der Waals surface area contributed by atoms with E-state index < -0.39 is 0 Å². The topological polar surface area (TPSA) is 41.6 Å². The third-order valence-corrected chi connectivity index (χ3v) is 16.7. The Balaban J connectivity index is 1.14. The summed E-state index contributed by atoms with van der Waals surface area (Å²) in [5.41, 5.74) is 23.0.